The Labute approximate surface area is 133 Å². The van der Waals surface area contributed by atoms with Crippen LogP contribution in [0.25, 0.3) is 0 Å². The van der Waals surface area contributed by atoms with E-state index >= 15 is 0 Å². The monoisotopic (exact) mass is 310 g/mol. The molecule has 0 unspecified atom stereocenters. The fraction of sp³-hybridized carbons (Fsp3) is 0.647. The van der Waals surface area contributed by atoms with Gasteiger partial charge in [0.05, 0.1) is 6.10 Å². The van der Waals surface area contributed by atoms with Crippen molar-refractivity contribution < 1.29 is 5.11 Å². The van der Waals surface area contributed by atoms with Crippen LogP contribution in [0.1, 0.15) is 38.3 Å². The predicted octanol–water partition coefficient (Wildman–Crippen LogP) is 3.08. The number of nitrogens with zero attached hydrogens (tertiary/aromatic N) is 1. The van der Waals surface area contributed by atoms with E-state index in [1.807, 2.05) is 25.1 Å². The number of halogens is 1. The first-order valence-electron chi connectivity index (χ1n) is 7.94. The molecule has 2 rings (SSSR count). The minimum atomic E-state index is -0.222. The lowest BCUT2D eigenvalue weighted by molar-refractivity contribution is 0.0994. The van der Waals surface area contributed by atoms with Crippen LogP contribution >= 0.6 is 11.6 Å². The molecule has 118 valence electrons. The second kappa shape index (κ2) is 8.14. The number of piperidine rings is 1. The molecule has 0 aliphatic carbocycles. The highest BCUT2D eigenvalue weighted by Crippen LogP contribution is 2.23. The molecular formula is C17H27ClN2O. The number of hydrogen-bond donors (Lipinski definition) is 2. The largest absolute Gasteiger partial charge is 0.392 e. The highest BCUT2D eigenvalue weighted by atomic mass is 35.5. The number of rotatable bonds is 6. The Hall–Kier alpha value is -0.610. The molecule has 0 amide bonds. The van der Waals surface area contributed by atoms with Crippen LogP contribution in [-0.2, 0) is 0 Å². The van der Waals surface area contributed by atoms with Crippen LogP contribution in [0.4, 0.5) is 0 Å². The summed E-state index contributed by atoms with van der Waals surface area (Å²) < 4.78 is 0. The maximum absolute atomic E-state index is 9.43. The molecule has 1 heterocycles. The van der Waals surface area contributed by atoms with E-state index in [1.54, 1.807) is 0 Å². The highest BCUT2D eigenvalue weighted by molar-refractivity contribution is 6.31. The summed E-state index contributed by atoms with van der Waals surface area (Å²) >= 11 is 6.24. The van der Waals surface area contributed by atoms with E-state index in [0.29, 0.717) is 0 Å². The maximum Gasteiger partial charge on any atom is 0.0639 e. The van der Waals surface area contributed by atoms with Gasteiger partial charge in [-0.05, 0) is 63.9 Å². The zero-order chi connectivity index (χ0) is 15.2. The van der Waals surface area contributed by atoms with E-state index < -0.39 is 0 Å². The first-order chi connectivity index (χ1) is 10.1. The summed E-state index contributed by atoms with van der Waals surface area (Å²) in [5.41, 5.74) is 1.17. The Bertz CT molecular complexity index is 431. The Morgan fingerprint density at radius 3 is 2.57 bits per heavy atom. The molecule has 1 aliphatic rings. The fourth-order valence-electron chi connectivity index (χ4n) is 3.03. The molecule has 0 spiro atoms. The Balaban J connectivity index is 1.73. The standard InChI is InChI=1S/C17H27ClN2O/c1-13(21)12-20-9-7-15(8-10-20)11-19-14(2)16-5-3-4-6-17(16)18/h3-6,13-15,19,21H,7-12H2,1-2H3/t13-,14-/m0/s1. The van der Waals surface area contributed by atoms with Crippen molar-refractivity contribution in [1.82, 2.24) is 10.2 Å². The van der Waals surface area contributed by atoms with E-state index in [9.17, 15) is 5.11 Å². The van der Waals surface area contributed by atoms with Crippen molar-refractivity contribution in [3.63, 3.8) is 0 Å². The molecule has 1 aliphatic heterocycles. The molecule has 4 heteroatoms. The Kier molecular flexibility index (Phi) is 6.49. The number of hydrogen-bond acceptors (Lipinski definition) is 3. The highest BCUT2D eigenvalue weighted by Gasteiger charge is 2.20. The van der Waals surface area contributed by atoms with E-state index in [1.165, 1.54) is 18.4 Å². The minimum absolute atomic E-state index is 0.222. The number of aliphatic hydroxyl groups excluding tert-OH is 1. The quantitative estimate of drug-likeness (QED) is 0.847. The number of likely N-dealkylation sites (tertiary alicyclic amines) is 1. The lowest BCUT2D eigenvalue weighted by Crippen LogP contribution is -2.40. The summed E-state index contributed by atoms with van der Waals surface area (Å²) in [7, 11) is 0. The summed E-state index contributed by atoms with van der Waals surface area (Å²) in [6.07, 6.45) is 2.18. The zero-order valence-electron chi connectivity index (χ0n) is 13.1. The Morgan fingerprint density at radius 2 is 1.95 bits per heavy atom. The fourth-order valence-corrected chi connectivity index (χ4v) is 3.33. The van der Waals surface area contributed by atoms with Crippen LogP contribution < -0.4 is 5.32 Å². The summed E-state index contributed by atoms with van der Waals surface area (Å²) in [5, 5.41) is 13.9. The van der Waals surface area contributed by atoms with Gasteiger partial charge in [-0.3, -0.25) is 0 Å². The lowest BCUT2D eigenvalue weighted by atomic mass is 9.96. The van der Waals surface area contributed by atoms with Crippen LogP contribution in [0, 0.1) is 5.92 Å². The predicted molar refractivity (Wildman–Crippen MR) is 88.7 cm³/mol. The van der Waals surface area contributed by atoms with Gasteiger partial charge in [0, 0.05) is 17.6 Å². The van der Waals surface area contributed by atoms with Crippen LogP contribution in [0.3, 0.4) is 0 Å². The average Bonchev–Trinajstić information content (AvgIpc) is 2.46. The minimum Gasteiger partial charge on any atom is -0.392 e. The molecule has 0 bridgehead atoms. The van der Waals surface area contributed by atoms with Crippen molar-refractivity contribution in [2.24, 2.45) is 5.92 Å². The van der Waals surface area contributed by atoms with Gasteiger partial charge in [-0.15, -0.1) is 0 Å². The van der Waals surface area contributed by atoms with Crippen molar-refractivity contribution >= 4 is 11.6 Å². The number of aliphatic hydroxyl groups is 1. The summed E-state index contributed by atoms with van der Waals surface area (Å²) in [6, 6.07) is 8.33. The van der Waals surface area contributed by atoms with Crippen LogP contribution in [0.2, 0.25) is 5.02 Å². The van der Waals surface area contributed by atoms with E-state index in [2.05, 4.69) is 23.2 Å². The van der Waals surface area contributed by atoms with Gasteiger partial charge in [-0.2, -0.15) is 0 Å². The van der Waals surface area contributed by atoms with Crippen LogP contribution in [0.5, 0.6) is 0 Å². The molecule has 1 saturated heterocycles. The van der Waals surface area contributed by atoms with Crippen LogP contribution in [0.15, 0.2) is 24.3 Å². The summed E-state index contributed by atoms with van der Waals surface area (Å²) in [4.78, 5) is 2.36. The molecule has 0 aromatic heterocycles. The third-order valence-electron chi connectivity index (χ3n) is 4.31. The van der Waals surface area contributed by atoms with Gasteiger partial charge in [-0.1, -0.05) is 29.8 Å². The van der Waals surface area contributed by atoms with Gasteiger partial charge in [0.25, 0.3) is 0 Å². The molecule has 2 N–H and O–H groups in total. The molecule has 1 aromatic rings. The second-order valence-corrected chi connectivity index (χ2v) is 6.65. The van der Waals surface area contributed by atoms with Crippen molar-refractivity contribution in [3.05, 3.63) is 34.9 Å². The van der Waals surface area contributed by atoms with Gasteiger partial charge in [0.15, 0.2) is 0 Å². The van der Waals surface area contributed by atoms with E-state index in [0.717, 1.165) is 37.1 Å². The molecule has 1 aromatic carbocycles. The topological polar surface area (TPSA) is 35.5 Å². The number of benzene rings is 1. The first kappa shape index (κ1) is 16.8. The SMILES string of the molecule is C[C@H](O)CN1CCC(CN[C@@H](C)c2ccccc2Cl)CC1. The Morgan fingerprint density at radius 1 is 1.29 bits per heavy atom. The molecule has 21 heavy (non-hydrogen) atoms. The van der Waals surface area contributed by atoms with Gasteiger partial charge in [-0.25, -0.2) is 0 Å². The normalized spacial score (nSPS) is 20.4. The van der Waals surface area contributed by atoms with Crippen molar-refractivity contribution in [2.75, 3.05) is 26.2 Å². The summed E-state index contributed by atoms with van der Waals surface area (Å²) in [6.45, 7) is 8.06. The third-order valence-corrected chi connectivity index (χ3v) is 4.66. The number of nitrogens with one attached hydrogen (secondary N) is 1. The summed E-state index contributed by atoms with van der Waals surface area (Å²) in [5.74, 6) is 0.722. The maximum atomic E-state index is 9.43. The molecule has 0 radical (unpaired) electrons. The molecule has 2 atom stereocenters. The second-order valence-electron chi connectivity index (χ2n) is 6.24. The van der Waals surface area contributed by atoms with Gasteiger partial charge in [0.1, 0.15) is 0 Å². The molecule has 3 nitrogen and oxygen atoms in total. The van der Waals surface area contributed by atoms with Crippen molar-refractivity contribution in [1.29, 1.82) is 0 Å². The number of β-amino-alcohol motifs (C(OH)–C–C–N with tert-alkyl or cyclic N) is 1. The van der Waals surface area contributed by atoms with Crippen LogP contribution in [-0.4, -0.2) is 42.3 Å². The van der Waals surface area contributed by atoms with E-state index in [4.69, 9.17) is 11.6 Å². The van der Waals surface area contributed by atoms with Gasteiger partial charge in [0.2, 0.25) is 0 Å². The van der Waals surface area contributed by atoms with Gasteiger partial charge < -0.3 is 15.3 Å². The first-order valence-corrected chi connectivity index (χ1v) is 8.32. The smallest absolute Gasteiger partial charge is 0.0639 e. The molecular weight excluding hydrogens is 284 g/mol. The van der Waals surface area contributed by atoms with E-state index in [-0.39, 0.29) is 12.1 Å². The lowest BCUT2D eigenvalue weighted by Gasteiger charge is -2.33. The van der Waals surface area contributed by atoms with Gasteiger partial charge >= 0.3 is 0 Å². The van der Waals surface area contributed by atoms with Crippen molar-refractivity contribution in [2.45, 2.75) is 38.8 Å². The zero-order valence-corrected chi connectivity index (χ0v) is 13.8. The third kappa shape index (κ3) is 5.26. The van der Waals surface area contributed by atoms with Crippen molar-refractivity contribution in [3.8, 4) is 0 Å². The average molecular weight is 311 g/mol. The molecule has 0 saturated carbocycles. The molecule has 1 fully saturated rings.